The quantitative estimate of drug-likeness (QED) is 0.332. The van der Waals surface area contributed by atoms with Crippen molar-refractivity contribution in [1.82, 2.24) is 9.47 Å². The second-order valence-corrected chi connectivity index (χ2v) is 10.0. The van der Waals surface area contributed by atoms with E-state index in [4.69, 9.17) is 9.47 Å². The average Bonchev–Trinajstić information content (AvgIpc) is 3.58. The number of fused-ring (bicyclic) bond motifs is 2. The van der Waals surface area contributed by atoms with Crippen LogP contribution in [-0.4, -0.2) is 33.3 Å². The summed E-state index contributed by atoms with van der Waals surface area (Å²) in [4.78, 5) is 40.4. The van der Waals surface area contributed by atoms with E-state index in [1.54, 1.807) is 24.3 Å². The summed E-state index contributed by atoms with van der Waals surface area (Å²) in [6, 6.07) is 20.6. The maximum Gasteiger partial charge on any atom is 0.293 e. The minimum atomic E-state index is -0.319. The van der Waals surface area contributed by atoms with Gasteiger partial charge < -0.3 is 19.4 Å². The van der Waals surface area contributed by atoms with Crippen molar-refractivity contribution in [1.29, 1.82) is 0 Å². The van der Waals surface area contributed by atoms with Crippen molar-refractivity contribution in [2.24, 2.45) is 0 Å². The molecule has 0 aliphatic carbocycles. The molecule has 6 rings (SSSR count). The van der Waals surface area contributed by atoms with Crippen molar-refractivity contribution in [3.05, 3.63) is 94.5 Å². The van der Waals surface area contributed by atoms with Crippen molar-refractivity contribution in [2.75, 3.05) is 12.1 Å². The highest BCUT2D eigenvalue weighted by Gasteiger charge is 2.35. The van der Waals surface area contributed by atoms with Gasteiger partial charge in [-0.3, -0.25) is 19.3 Å². The maximum atomic E-state index is 13.2. The molecule has 9 heteroatoms. The number of para-hydroxylation sites is 1. The smallest absolute Gasteiger partial charge is 0.293 e. The Bertz CT molecular complexity index is 1640. The van der Waals surface area contributed by atoms with Crippen LogP contribution < -0.4 is 14.8 Å². The molecule has 1 aromatic heterocycles. The van der Waals surface area contributed by atoms with Crippen LogP contribution in [0.1, 0.15) is 16.7 Å². The number of ether oxygens (including phenoxy) is 2. The Morgan fingerprint density at radius 2 is 1.82 bits per heavy atom. The molecule has 1 saturated heterocycles. The fraction of sp³-hybridized carbons (Fsp3) is 0.138. The van der Waals surface area contributed by atoms with E-state index in [1.165, 1.54) is 4.90 Å². The number of aryl methyl sites for hydroxylation is 1. The summed E-state index contributed by atoms with van der Waals surface area (Å²) >= 11 is 0.933. The van der Waals surface area contributed by atoms with Crippen molar-refractivity contribution in [3.63, 3.8) is 0 Å². The topological polar surface area (TPSA) is 89.9 Å². The SMILES string of the molecule is Cc1ccccc1CN1C(=O)S/C(=C\c2cn(CC(=O)Nc3ccc4c(c3)OCO4)c3ccccc23)C1=O. The molecule has 1 fully saturated rings. The predicted octanol–water partition coefficient (Wildman–Crippen LogP) is 5.55. The molecule has 0 saturated carbocycles. The Balaban J connectivity index is 1.23. The first kappa shape index (κ1) is 23.9. The summed E-state index contributed by atoms with van der Waals surface area (Å²) in [5.74, 6) is 0.704. The van der Waals surface area contributed by atoms with Crippen LogP contribution in [0.5, 0.6) is 11.5 Å². The number of rotatable bonds is 6. The molecule has 0 bridgehead atoms. The Kier molecular flexibility index (Phi) is 6.13. The molecule has 2 aliphatic heterocycles. The van der Waals surface area contributed by atoms with E-state index in [1.807, 2.05) is 66.2 Å². The number of hydrogen-bond donors (Lipinski definition) is 1. The van der Waals surface area contributed by atoms with E-state index in [2.05, 4.69) is 5.32 Å². The van der Waals surface area contributed by atoms with Gasteiger partial charge in [-0.15, -0.1) is 0 Å². The van der Waals surface area contributed by atoms with E-state index in [9.17, 15) is 14.4 Å². The van der Waals surface area contributed by atoms with Gasteiger partial charge in [0.15, 0.2) is 11.5 Å². The van der Waals surface area contributed by atoms with Crippen LogP contribution in [0.15, 0.2) is 77.8 Å². The van der Waals surface area contributed by atoms with E-state index in [-0.39, 0.29) is 36.9 Å². The minimum absolute atomic E-state index is 0.0670. The normalized spacial score (nSPS) is 15.6. The van der Waals surface area contributed by atoms with Crippen LogP contribution in [0.2, 0.25) is 0 Å². The minimum Gasteiger partial charge on any atom is -0.454 e. The highest BCUT2D eigenvalue weighted by atomic mass is 32.2. The molecule has 0 radical (unpaired) electrons. The third kappa shape index (κ3) is 4.52. The third-order valence-corrected chi connectivity index (χ3v) is 7.45. The van der Waals surface area contributed by atoms with Gasteiger partial charge in [0.2, 0.25) is 12.7 Å². The number of nitrogens with zero attached hydrogens (tertiary/aromatic N) is 2. The first-order valence-electron chi connectivity index (χ1n) is 12.0. The van der Waals surface area contributed by atoms with Gasteiger partial charge in [-0.25, -0.2) is 0 Å². The lowest BCUT2D eigenvalue weighted by atomic mass is 10.1. The number of benzene rings is 3. The fourth-order valence-corrected chi connectivity index (χ4v) is 5.42. The summed E-state index contributed by atoms with van der Waals surface area (Å²) in [6.07, 6.45) is 3.57. The van der Waals surface area contributed by atoms with Gasteiger partial charge in [0, 0.05) is 34.4 Å². The summed E-state index contributed by atoms with van der Waals surface area (Å²) in [6.45, 7) is 2.42. The second-order valence-electron chi connectivity index (χ2n) is 9.04. The summed E-state index contributed by atoms with van der Waals surface area (Å²) in [5, 5.41) is 3.48. The second kappa shape index (κ2) is 9.75. The molecule has 3 heterocycles. The monoisotopic (exact) mass is 525 g/mol. The van der Waals surface area contributed by atoms with Crippen LogP contribution in [-0.2, 0) is 22.7 Å². The zero-order valence-corrected chi connectivity index (χ0v) is 21.3. The lowest BCUT2D eigenvalue weighted by Crippen LogP contribution is -2.27. The van der Waals surface area contributed by atoms with Gasteiger partial charge >= 0.3 is 0 Å². The number of aromatic nitrogens is 1. The Morgan fingerprint density at radius 1 is 1.03 bits per heavy atom. The zero-order chi connectivity index (χ0) is 26.2. The van der Waals surface area contributed by atoms with Gasteiger partial charge in [0.05, 0.1) is 11.4 Å². The van der Waals surface area contributed by atoms with E-state index >= 15 is 0 Å². The van der Waals surface area contributed by atoms with Crippen LogP contribution in [0.3, 0.4) is 0 Å². The van der Waals surface area contributed by atoms with Gasteiger partial charge in [0.25, 0.3) is 11.1 Å². The summed E-state index contributed by atoms with van der Waals surface area (Å²) < 4.78 is 12.5. The third-order valence-electron chi connectivity index (χ3n) is 6.54. The molecule has 3 aromatic carbocycles. The van der Waals surface area contributed by atoms with Gasteiger partial charge in [-0.05, 0) is 54.1 Å². The number of thioether (sulfide) groups is 1. The van der Waals surface area contributed by atoms with E-state index in [0.717, 1.165) is 39.4 Å². The number of anilines is 1. The zero-order valence-electron chi connectivity index (χ0n) is 20.5. The molecule has 3 amide bonds. The first-order valence-corrected chi connectivity index (χ1v) is 12.9. The predicted molar refractivity (Wildman–Crippen MR) is 146 cm³/mol. The number of amides is 3. The van der Waals surface area contributed by atoms with Crippen molar-refractivity contribution < 1.29 is 23.9 Å². The van der Waals surface area contributed by atoms with Gasteiger partial charge in [0.1, 0.15) is 6.54 Å². The van der Waals surface area contributed by atoms with Crippen LogP contribution in [0, 0.1) is 6.92 Å². The molecule has 38 heavy (non-hydrogen) atoms. The molecule has 0 atom stereocenters. The van der Waals surface area contributed by atoms with E-state index in [0.29, 0.717) is 22.1 Å². The molecular weight excluding hydrogens is 502 g/mol. The molecule has 1 N–H and O–H groups in total. The van der Waals surface area contributed by atoms with E-state index < -0.39 is 0 Å². The van der Waals surface area contributed by atoms with Crippen LogP contribution >= 0.6 is 11.8 Å². The lowest BCUT2D eigenvalue weighted by molar-refractivity contribution is -0.123. The molecule has 8 nitrogen and oxygen atoms in total. The number of hydrogen-bond acceptors (Lipinski definition) is 6. The Hall–Kier alpha value is -4.50. The Morgan fingerprint density at radius 3 is 2.68 bits per heavy atom. The number of imide groups is 1. The molecule has 0 unspecified atom stereocenters. The molecular formula is C29H23N3O5S. The molecule has 190 valence electrons. The van der Waals surface area contributed by atoms with Crippen LogP contribution in [0.4, 0.5) is 10.5 Å². The Labute approximate surface area is 222 Å². The fourth-order valence-electron chi connectivity index (χ4n) is 4.59. The number of carbonyl (C=O) groups excluding carboxylic acids is 3. The first-order chi connectivity index (χ1) is 18.5. The van der Waals surface area contributed by atoms with Crippen LogP contribution in [0.25, 0.3) is 17.0 Å². The maximum absolute atomic E-state index is 13.2. The van der Waals surface area contributed by atoms with Crippen molar-refractivity contribution in [3.8, 4) is 11.5 Å². The van der Waals surface area contributed by atoms with Gasteiger partial charge in [-0.1, -0.05) is 42.5 Å². The summed E-state index contributed by atoms with van der Waals surface area (Å²) in [7, 11) is 0. The van der Waals surface area contributed by atoms with Gasteiger partial charge in [-0.2, -0.15) is 0 Å². The standard InChI is InChI=1S/C29H23N3O5S/c1-18-6-2-3-7-19(18)15-32-28(34)26(38-29(32)35)12-20-14-31(23-9-5-4-8-22(20)23)16-27(33)30-21-10-11-24-25(13-21)37-17-36-24/h2-14H,15-17H2,1H3,(H,30,33)/b26-12-. The number of nitrogens with one attached hydrogen (secondary N) is 1. The van der Waals surface area contributed by atoms with Crippen molar-refractivity contribution in [2.45, 2.75) is 20.0 Å². The highest BCUT2D eigenvalue weighted by molar-refractivity contribution is 8.18. The molecule has 2 aliphatic rings. The van der Waals surface area contributed by atoms with Crippen molar-refractivity contribution >= 4 is 51.5 Å². The highest BCUT2D eigenvalue weighted by Crippen LogP contribution is 2.36. The molecule has 0 spiro atoms. The average molecular weight is 526 g/mol. The molecule has 4 aromatic rings. The lowest BCUT2D eigenvalue weighted by Gasteiger charge is -2.14. The largest absolute Gasteiger partial charge is 0.454 e. The summed E-state index contributed by atoms with van der Waals surface area (Å²) in [5.41, 5.74) is 4.17. The number of carbonyl (C=O) groups is 3.